The SMILES string of the molecule is CC1(C)C(=O)N(CC2(C(=O)O)CC2)S1(=O)=O. The molecule has 1 saturated heterocycles. The molecular weight excluding hydrogens is 234 g/mol. The van der Waals surface area contributed by atoms with Crippen molar-refractivity contribution < 1.29 is 23.1 Å². The molecule has 7 heteroatoms. The monoisotopic (exact) mass is 247 g/mol. The number of sulfonamides is 1. The van der Waals surface area contributed by atoms with Crippen LogP contribution in [0, 0.1) is 5.41 Å². The molecule has 0 unspecified atom stereocenters. The van der Waals surface area contributed by atoms with Crippen molar-refractivity contribution in [1.82, 2.24) is 4.31 Å². The minimum absolute atomic E-state index is 0.215. The Morgan fingerprint density at radius 3 is 2.25 bits per heavy atom. The first-order valence-corrected chi connectivity index (χ1v) is 6.39. The third-order valence-electron chi connectivity index (χ3n) is 3.43. The number of hydrogen-bond acceptors (Lipinski definition) is 4. The number of hydrogen-bond donors (Lipinski definition) is 1. The van der Waals surface area contributed by atoms with Crippen molar-refractivity contribution in [2.75, 3.05) is 6.54 Å². The van der Waals surface area contributed by atoms with Crippen molar-refractivity contribution in [2.45, 2.75) is 31.4 Å². The van der Waals surface area contributed by atoms with Crippen LogP contribution in [0.3, 0.4) is 0 Å². The van der Waals surface area contributed by atoms with Crippen molar-refractivity contribution in [3.05, 3.63) is 0 Å². The van der Waals surface area contributed by atoms with Crippen LogP contribution in [0.15, 0.2) is 0 Å². The molecule has 0 aromatic carbocycles. The van der Waals surface area contributed by atoms with Gasteiger partial charge in [-0.15, -0.1) is 0 Å². The van der Waals surface area contributed by atoms with E-state index in [-0.39, 0.29) is 6.54 Å². The van der Waals surface area contributed by atoms with Gasteiger partial charge in [0.2, 0.25) is 0 Å². The normalized spacial score (nSPS) is 28.4. The zero-order valence-corrected chi connectivity index (χ0v) is 9.87. The zero-order valence-electron chi connectivity index (χ0n) is 9.06. The van der Waals surface area contributed by atoms with Crippen LogP contribution in [-0.4, -0.2) is 41.0 Å². The lowest BCUT2D eigenvalue weighted by Gasteiger charge is -2.44. The van der Waals surface area contributed by atoms with E-state index in [1.54, 1.807) is 0 Å². The van der Waals surface area contributed by atoms with Gasteiger partial charge in [-0.2, -0.15) is 0 Å². The van der Waals surface area contributed by atoms with E-state index in [4.69, 9.17) is 5.11 Å². The maximum atomic E-state index is 11.7. The number of carbonyl (C=O) groups is 2. The smallest absolute Gasteiger partial charge is 0.311 e. The Bertz CT molecular complexity index is 474. The highest BCUT2D eigenvalue weighted by Gasteiger charge is 2.64. The van der Waals surface area contributed by atoms with E-state index in [1.807, 2.05) is 0 Å². The number of carboxylic acids is 1. The summed E-state index contributed by atoms with van der Waals surface area (Å²) < 4.78 is 22.7. The van der Waals surface area contributed by atoms with Gasteiger partial charge < -0.3 is 5.11 Å². The minimum atomic E-state index is -3.66. The molecule has 0 spiro atoms. The summed E-state index contributed by atoms with van der Waals surface area (Å²) in [4.78, 5) is 22.5. The highest BCUT2D eigenvalue weighted by Crippen LogP contribution is 2.49. The van der Waals surface area contributed by atoms with E-state index in [2.05, 4.69) is 0 Å². The topological polar surface area (TPSA) is 91.8 Å². The summed E-state index contributed by atoms with van der Waals surface area (Å²) in [5.41, 5.74) is -1.03. The van der Waals surface area contributed by atoms with Crippen molar-refractivity contribution in [3.63, 3.8) is 0 Å². The Labute approximate surface area is 93.3 Å². The lowest BCUT2D eigenvalue weighted by molar-refractivity contribution is -0.145. The molecule has 2 fully saturated rings. The van der Waals surface area contributed by atoms with Gasteiger partial charge in [0.05, 0.1) is 12.0 Å². The van der Waals surface area contributed by atoms with E-state index in [0.29, 0.717) is 17.1 Å². The molecule has 1 aliphatic carbocycles. The second-order valence-corrected chi connectivity index (χ2v) is 7.32. The van der Waals surface area contributed by atoms with Gasteiger partial charge in [0, 0.05) is 0 Å². The van der Waals surface area contributed by atoms with Crippen LogP contribution in [0.4, 0.5) is 0 Å². The molecular formula is C9H13NO5S. The Morgan fingerprint density at radius 1 is 1.44 bits per heavy atom. The fraction of sp³-hybridized carbons (Fsp3) is 0.778. The van der Waals surface area contributed by atoms with Gasteiger partial charge in [-0.25, -0.2) is 12.7 Å². The van der Waals surface area contributed by atoms with Crippen LogP contribution in [0.5, 0.6) is 0 Å². The number of aliphatic carboxylic acids is 1. The van der Waals surface area contributed by atoms with E-state index in [1.165, 1.54) is 13.8 Å². The van der Waals surface area contributed by atoms with Crippen LogP contribution in [0.1, 0.15) is 26.7 Å². The van der Waals surface area contributed by atoms with Gasteiger partial charge in [0.1, 0.15) is 0 Å². The van der Waals surface area contributed by atoms with Crippen molar-refractivity contribution >= 4 is 21.9 Å². The average molecular weight is 247 g/mol. The molecule has 1 N–H and O–H groups in total. The molecule has 6 nitrogen and oxygen atoms in total. The molecule has 0 aromatic heterocycles. The van der Waals surface area contributed by atoms with E-state index >= 15 is 0 Å². The third-order valence-corrected chi connectivity index (χ3v) is 5.77. The van der Waals surface area contributed by atoms with Crippen LogP contribution in [-0.2, 0) is 19.6 Å². The second kappa shape index (κ2) is 2.77. The number of rotatable bonds is 3. The lowest BCUT2D eigenvalue weighted by Crippen LogP contribution is -2.68. The Hall–Kier alpha value is -1.11. The predicted molar refractivity (Wildman–Crippen MR) is 54.0 cm³/mol. The minimum Gasteiger partial charge on any atom is -0.481 e. The summed E-state index contributed by atoms with van der Waals surface area (Å²) in [6.45, 7) is 2.45. The van der Waals surface area contributed by atoms with Crippen molar-refractivity contribution in [2.24, 2.45) is 5.41 Å². The molecule has 90 valence electrons. The molecule has 0 radical (unpaired) electrons. The van der Waals surface area contributed by atoms with Gasteiger partial charge in [-0.1, -0.05) is 0 Å². The quantitative estimate of drug-likeness (QED) is 0.745. The highest BCUT2D eigenvalue weighted by atomic mass is 32.2. The van der Waals surface area contributed by atoms with Gasteiger partial charge in [-0.3, -0.25) is 9.59 Å². The van der Waals surface area contributed by atoms with E-state index in [9.17, 15) is 18.0 Å². The average Bonchev–Trinajstić information content (AvgIpc) is 2.93. The van der Waals surface area contributed by atoms with Crippen LogP contribution < -0.4 is 0 Å². The molecule has 0 bridgehead atoms. The van der Waals surface area contributed by atoms with Crippen LogP contribution >= 0.6 is 0 Å². The molecule has 2 aliphatic rings. The molecule has 16 heavy (non-hydrogen) atoms. The summed E-state index contributed by atoms with van der Waals surface area (Å²) >= 11 is 0. The molecule has 2 rings (SSSR count). The first-order chi connectivity index (χ1) is 7.15. The van der Waals surface area contributed by atoms with E-state index < -0.39 is 32.1 Å². The second-order valence-electron chi connectivity index (χ2n) is 4.91. The van der Waals surface area contributed by atoms with Gasteiger partial charge in [0.15, 0.2) is 4.75 Å². The standard InChI is InChI=1S/C9H13NO5S/c1-8(2)6(11)10(16(8,14)15)5-9(3-4-9)7(12)13/h3-5H2,1-2H3,(H,12,13). The van der Waals surface area contributed by atoms with Crippen molar-refractivity contribution in [1.29, 1.82) is 0 Å². The predicted octanol–water partition coefficient (Wildman–Crippen LogP) is -0.198. The molecule has 0 atom stereocenters. The molecule has 1 saturated carbocycles. The Kier molecular flexibility index (Phi) is 1.97. The number of amides is 1. The van der Waals surface area contributed by atoms with Crippen molar-refractivity contribution in [3.8, 4) is 0 Å². The fourth-order valence-electron chi connectivity index (χ4n) is 1.78. The number of carbonyl (C=O) groups excluding carboxylic acids is 1. The summed E-state index contributed by atoms with van der Waals surface area (Å²) in [5, 5.41) is 8.93. The highest BCUT2D eigenvalue weighted by molar-refractivity contribution is 7.94. The molecule has 1 amide bonds. The fourth-order valence-corrected chi connectivity index (χ4v) is 3.39. The number of nitrogens with zero attached hydrogens (tertiary/aromatic N) is 1. The first kappa shape index (κ1) is 11.4. The first-order valence-electron chi connectivity index (χ1n) is 4.95. The molecule has 1 aliphatic heterocycles. The molecule has 0 aromatic rings. The Balaban J connectivity index is 2.21. The molecule has 1 heterocycles. The Morgan fingerprint density at radius 2 is 1.94 bits per heavy atom. The third kappa shape index (κ3) is 1.15. The maximum absolute atomic E-state index is 11.7. The summed E-state index contributed by atoms with van der Waals surface area (Å²) in [5.74, 6) is -1.54. The van der Waals surface area contributed by atoms with E-state index in [0.717, 1.165) is 0 Å². The van der Waals surface area contributed by atoms with Gasteiger partial charge >= 0.3 is 5.97 Å². The summed E-state index contributed by atoms with van der Waals surface area (Å²) in [7, 11) is -3.66. The zero-order chi connectivity index (χ0) is 12.4. The lowest BCUT2D eigenvalue weighted by atomic mass is 10.1. The van der Waals surface area contributed by atoms with Crippen LogP contribution in [0.2, 0.25) is 0 Å². The number of carboxylic acid groups (broad SMARTS) is 1. The largest absolute Gasteiger partial charge is 0.481 e. The van der Waals surface area contributed by atoms with Gasteiger partial charge in [-0.05, 0) is 26.7 Å². The summed E-state index contributed by atoms with van der Waals surface area (Å²) in [6, 6.07) is 0. The van der Waals surface area contributed by atoms with Crippen LogP contribution in [0.25, 0.3) is 0 Å². The summed E-state index contributed by atoms with van der Waals surface area (Å²) in [6.07, 6.45) is 0.865. The van der Waals surface area contributed by atoms with Gasteiger partial charge in [0.25, 0.3) is 15.9 Å². The maximum Gasteiger partial charge on any atom is 0.311 e.